The van der Waals surface area contributed by atoms with Gasteiger partial charge in [0.25, 0.3) is 5.91 Å². The Bertz CT molecular complexity index is 747. The van der Waals surface area contributed by atoms with E-state index in [4.69, 9.17) is 4.74 Å². The first-order valence-corrected chi connectivity index (χ1v) is 10.0. The van der Waals surface area contributed by atoms with Crippen LogP contribution < -0.4 is 9.64 Å². The van der Waals surface area contributed by atoms with Crippen molar-refractivity contribution in [1.29, 1.82) is 0 Å². The van der Waals surface area contributed by atoms with Crippen LogP contribution in [-0.2, 0) is 4.79 Å². The summed E-state index contributed by atoms with van der Waals surface area (Å²) >= 11 is 0. The fourth-order valence-electron chi connectivity index (χ4n) is 4.46. The Morgan fingerprint density at radius 2 is 1.73 bits per heavy atom. The van der Waals surface area contributed by atoms with Crippen molar-refractivity contribution in [2.45, 2.75) is 38.1 Å². The second-order valence-electron chi connectivity index (χ2n) is 7.67. The van der Waals surface area contributed by atoms with Crippen molar-refractivity contribution in [3.05, 3.63) is 42.5 Å². The van der Waals surface area contributed by atoms with Crippen molar-refractivity contribution >= 4 is 16.7 Å². The minimum Gasteiger partial charge on any atom is -0.484 e. The van der Waals surface area contributed by atoms with Gasteiger partial charge in [-0.1, -0.05) is 36.8 Å². The average molecular weight is 353 g/mol. The molecule has 1 saturated heterocycles. The molecule has 4 heteroatoms. The van der Waals surface area contributed by atoms with Gasteiger partial charge in [-0.25, -0.2) is 0 Å². The van der Waals surface area contributed by atoms with Gasteiger partial charge in [-0.05, 0) is 48.6 Å². The molecule has 2 fully saturated rings. The van der Waals surface area contributed by atoms with E-state index in [-0.39, 0.29) is 12.5 Å². The summed E-state index contributed by atoms with van der Waals surface area (Å²) < 4.78 is 5.77. The molecule has 1 heterocycles. The van der Waals surface area contributed by atoms with Gasteiger partial charge < -0.3 is 14.5 Å². The number of quaternary nitrogens is 1. The van der Waals surface area contributed by atoms with Crippen LogP contribution in [0, 0.1) is 0 Å². The van der Waals surface area contributed by atoms with E-state index in [0.29, 0.717) is 0 Å². The van der Waals surface area contributed by atoms with Gasteiger partial charge in [0.05, 0.1) is 32.2 Å². The van der Waals surface area contributed by atoms with Crippen molar-refractivity contribution in [3.8, 4) is 5.75 Å². The first-order valence-electron chi connectivity index (χ1n) is 10.0. The lowest BCUT2D eigenvalue weighted by molar-refractivity contribution is -0.930. The molecule has 2 aliphatic rings. The number of hydrogen-bond acceptors (Lipinski definition) is 2. The molecular formula is C22H29N2O2+. The number of nitrogens with zero attached hydrogens (tertiary/aromatic N) is 1. The maximum Gasteiger partial charge on any atom is 0.260 e. The lowest BCUT2D eigenvalue weighted by atomic mass is 9.94. The summed E-state index contributed by atoms with van der Waals surface area (Å²) in [5.74, 6) is 0.879. The third kappa shape index (κ3) is 4.01. The van der Waals surface area contributed by atoms with Crippen LogP contribution in [0.15, 0.2) is 42.5 Å². The Kier molecular flexibility index (Phi) is 5.40. The predicted octanol–water partition coefficient (Wildman–Crippen LogP) is 2.28. The zero-order chi connectivity index (χ0) is 17.8. The summed E-state index contributed by atoms with van der Waals surface area (Å²) in [4.78, 5) is 16.2. The molecule has 0 spiro atoms. The maximum absolute atomic E-state index is 12.5. The van der Waals surface area contributed by atoms with E-state index in [2.05, 4.69) is 12.1 Å². The summed E-state index contributed by atoms with van der Waals surface area (Å²) in [5.41, 5.74) is 0. The number of ether oxygens (including phenoxy) is 1. The first kappa shape index (κ1) is 17.3. The number of hydrogen-bond donors (Lipinski definition) is 1. The second-order valence-corrected chi connectivity index (χ2v) is 7.67. The molecule has 1 N–H and O–H groups in total. The summed E-state index contributed by atoms with van der Waals surface area (Å²) in [6.45, 7) is 4.05. The molecule has 0 aromatic heterocycles. The Labute approximate surface area is 155 Å². The largest absolute Gasteiger partial charge is 0.484 e. The van der Waals surface area contributed by atoms with Crippen molar-refractivity contribution in [2.75, 3.05) is 32.8 Å². The highest BCUT2D eigenvalue weighted by Gasteiger charge is 2.30. The average Bonchev–Trinajstić information content (AvgIpc) is 2.72. The van der Waals surface area contributed by atoms with Crippen LogP contribution in [0.2, 0.25) is 0 Å². The van der Waals surface area contributed by atoms with Gasteiger partial charge in [-0.2, -0.15) is 0 Å². The highest BCUT2D eigenvalue weighted by atomic mass is 16.5. The van der Waals surface area contributed by atoms with Gasteiger partial charge in [0.15, 0.2) is 6.61 Å². The lowest BCUT2D eigenvalue weighted by Crippen LogP contribution is -3.18. The molecule has 0 radical (unpaired) electrons. The summed E-state index contributed by atoms with van der Waals surface area (Å²) in [5, 5.41) is 2.33. The molecule has 4 rings (SSSR count). The lowest BCUT2D eigenvalue weighted by Gasteiger charge is -2.38. The Hall–Kier alpha value is -2.07. The van der Waals surface area contributed by atoms with Gasteiger partial charge in [0.2, 0.25) is 0 Å². The number of piperazine rings is 1. The van der Waals surface area contributed by atoms with Gasteiger partial charge in [0.1, 0.15) is 5.75 Å². The topological polar surface area (TPSA) is 34.0 Å². The first-order chi connectivity index (χ1) is 12.8. The third-order valence-corrected chi connectivity index (χ3v) is 6.02. The van der Waals surface area contributed by atoms with Crippen LogP contribution in [0.5, 0.6) is 5.75 Å². The van der Waals surface area contributed by atoms with Crippen LogP contribution in [0.25, 0.3) is 10.8 Å². The minimum atomic E-state index is 0.112. The number of nitrogens with one attached hydrogen (secondary N) is 1. The number of rotatable bonds is 4. The van der Waals surface area contributed by atoms with Crippen LogP contribution in [0.4, 0.5) is 0 Å². The minimum absolute atomic E-state index is 0.112. The molecule has 0 atom stereocenters. The van der Waals surface area contributed by atoms with E-state index in [1.165, 1.54) is 37.5 Å². The smallest absolute Gasteiger partial charge is 0.260 e. The number of carbonyl (C=O) groups excluding carboxylic acids is 1. The molecule has 2 aromatic carbocycles. The molecule has 4 nitrogen and oxygen atoms in total. The molecule has 1 aliphatic heterocycles. The van der Waals surface area contributed by atoms with Crippen LogP contribution in [0.3, 0.4) is 0 Å². The fourth-order valence-corrected chi connectivity index (χ4v) is 4.46. The molecule has 1 amide bonds. The molecule has 2 aromatic rings. The van der Waals surface area contributed by atoms with E-state index in [1.807, 2.05) is 35.2 Å². The molecule has 0 unspecified atom stereocenters. The molecular weight excluding hydrogens is 324 g/mol. The van der Waals surface area contributed by atoms with Gasteiger partial charge in [0, 0.05) is 0 Å². The van der Waals surface area contributed by atoms with Crippen molar-refractivity contribution in [3.63, 3.8) is 0 Å². The highest BCUT2D eigenvalue weighted by molar-refractivity contribution is 5.84. The van der Waals surface area contributed by atoms with E-state index in [9.17, 15) is 4.79 Å². The van der Waals surface area contributed by atoms with Crippen LogP contribution in [0.1, 0.15) is 32.1 Å². The van der Waals surface area contributed by atoms with Gasteiger partial charge in [-0.3, -0.25) is 4.79 Å². The molecule has 138 valence electrons. The predicted molar refractivity (Wildman–Crippen MR) is 104 cm³/mol. The van der Waals surface area contributed by atoms with Crippen LogP contribution >= 0.6 is 0 Å². The van der Waals surface area contributed by atoms with E-state index >= 15 is 0 Å². The molecule has 1 saturated carbocycles. The summed E-state index contributed by atoms with van der Waals surface area (Å²) in [7, 11) is 0. The third-order valence-electron chi connectivity index (χ3n) is 6.02. The summed E-state index contributed by atoms with van der Waals surface area (Å²) in [6, 6.07) is 15.0. The summed E-state index contributed by atoms with van der Waals surface area (Å²) in [6.07, 6.45) is 6.91. The van der Waals surface area contributed by atoms with E-state index < -0.39 is 0 Å². The fraction of sp³-hybridized carbons (Fsp3) is 0.500. The molecule has 1 aliphatic carbocycles. The Balaban J connectivity index is 1.27. The number of amides is 1. The zero-order valence-electron chi connectivity index (χ0n) is 15.5. The van der Waals surface area contributed by atoms with Gasteiger partial charge in [-0.15, -0.1) is 0 Å². The quantitative estimate of drug-likeness (QED) is 0.915. The number of benzene rings is 2. The van der Waals surface area contributed by atoms with Gasteiger partial charge >= 0.3 is 0 Å². The Morgan fingerprint density at radius 1 is 1.00 bits per heavy atom. The second kappa shape index (κ2) is 8.09. The Morgan fingerprint density at radius 3 is 2.50 bits per heavy atom. The van der Waals surface area contributed by atoms with Crippen molar-refractivity contribution < 1.29 is 14.4 Å². The normalized spacial score (nSPS) is 19.6. The monoisotopic (exact) mass is 353 g/mol. The molecule has 26 heavy (non-hydrogen) atoms. The van der Waals surface area contributed by atoms with E-state index in [0.717, 1.165) is 43.4 Å². The van der Waals surface area contributed by atoms with Crippen LogP contribution in [-0.4, -0.2) is 49.6 Å². The SMILES string of the molecule is O=C(COc1ccc2ccccc2c1)N1CC[NH+](C2CCCCC2)CC1. The van der Waals surface area contributed by atoms with Crippen molar-refractivity contribution in [1.82, 2.24) is 4.90 Å². The number of fused-ring (bicyclic) bond motifs is 1. The highest BCUT2D eigenvalue weighted by Crippen LogP contribution is 2.20. The zero-order valence-corrected chi connectivity index (χ0v) is 15.5. The maximum atomic E-state index is 12.5. The molecule has 0 bridgehead atoms. The standard InChI is InChI=1S/C22H28N2O2/c25-22(17-26-21-11-10-18-6-4-5-7-19(18)16-21)24-14-12-23(13-15-24)20-8-2-1-3-9-20/h4-7,10-11,16,20H,1-3,8-9,12-15,17H2/p+1. The van der Waals surface area contributed by atoms with E-state index in [1.54, 1.807) is 4.90 Å². The van der Waals surface area contributed by atoms with Crippen molar-refractivity contribution in [2.24, 2.45) is 0 Å². The number of carbonyl (C=O) groups is 1.